The molecule has 17 heteroatoms. The van der Waals surface area contributed by atoms with Crippen molar-refractivity contribution in [2.24, 2.45) is 5.92 Å². The third-order valence-electron chi connectivity index (χ3n) is 6.05. The number of piperazine rings is 1. The maximum atomic E-state index is 13.3. The van der Waals surface area contributed by atoms with Crippen LogP contribution in [-0.4, -0.2) is 105 Å². The summed E-state index contributed by atoms with van der Waals surface area (Å²) in [6.45, 7) is 1.19. The fourth-order valence-corrected chi connectivity index (χ4v) is 4.17. The van der Waals surface area contributed by atoms with E-state index in [2.05, 4.69) is 20.7 Å². The van der Waals surface area contributed by atoms with Crippen LogP contribution < -0.4 is 21.1 Å². The van der Waals surface area contributed by atoms with Crippen LogP contribution in [0.4, 0.5) is 32.2 Å². The Morgan fingerprint density at radius 2 is 1.84 bits per heavy atom. The zero-order valence-corrected chi connectivity index (χ0v) is 20.4. The molecule has 3 N–H and O–H groups in total. The molecule has 2 amide bonds. The number of hydrazine groups is 1. The average molecular weight is 557 g/mol. The lowest BCUT2D eigenvalue weighted by Gasteiger charge is -2.36. The van der Waals surface area contributed by atoms with Crippen molar-refractivity contribution in [1.29, 1.82) is 0 Å². The van der Waals surface area contributed by atoms with Crippen molar-refractivity contribution < 1.29 is 45.4 Å². The van der Waals surface area contributed by atoms with E-state index in [0.29, 0.717) is 32.4 Å². The van der Waals surface area contributed by atoms with Crippen molar-refractivity contribution >= 4 is 17.6 Å². The number of nitrogens with one attached hydrogen (secondary N) is 3. The number of ether oxygens (including phenoxy) is 2. The Kier molecular flexibility index (Phi) is 10.1. The van der Waals surface area contributed by atoms with Gasteiger partial charge in [-0.2, -0.15) is 26.3 Å². The number of hydrogen-bond donors (Lipinski definition) is 3. The topological polar surface area (TPSA) is 121 Å². The van der Waals surface area contributed by atoms with E-state index < -0.39 is 42.0 Å². The van der Waals surface area contributed by atoms with Gasteiger partial charge >= 0.3 is 12.4 Å². The summed E-state index contributed by atoms with van der Waals surface area (Å²) in [5, 5.41) is 2.76. The van der Waals surface area contributed by atoms with Crippen molar-refractivity contribution in [3.8, 4) is 0 Å². The molecular weight excluding hydrogens is 528 g/mol. The number of hydrogen-bond acceptors (Lipinski definition) is 9. The molecule has 2 aliphatic heterocycles. The zero-order chi connectivity index (χ0) is 27.9. The minimum Gasteiger partial charge on any atom is -0.383 e. The summed E-state index contributed by atoms with van der Waals surface area (Å²) in [7, 11) is 1.38. The number of alkyl halides is 6. The number of halogens is 6. The molecule has 2 saturated heterocycles. The molecule has 214 valence electrons. The van der Waals surface area contributed by atoms with Gasteiger partial charge in [0.15, 0.2) is 11.6 Å². The number of rotatable bonds is 10. The van der Waals surface area contributed by atoms with Crippen molar-refractivity contribution in [2.75, 3.05) is 64.6 Å². The van der Waals surface area contributed by atoms with E-state index >= 15 is 0 Å². The molecule has 2 fully saturated rings. The fourth-order valence-electron chi connectivity index (χ4n) is 4.17. The van der Waals surface area contributed by atoms with Gasteiger partial charge in [-0.1, -0.05) is 0 Å². The lowest BCUT2D eigenvalue weighted by molar-refractivity contribution is -0.193. The van der Waals surface area contributed by atoms with E-state index in [4.69, 9.17) is 9.47 Å². The molecule has 0 aromatic carbocycles. The van der Waals surface area contributed by atoms with Gasteiger partial charge < -0.3 is 24.6 Å². The summed E-state index contributed by atoms with van der Waals surface area (Å²) in [5.74, 6) is -3.35. The van der Waals surface area contributed by atoms with E-state index in [1.807, 2.05) is 5.43 Å². The summed E-state index contributed by atoms with van der Waals surface area (Å²) in [6.07, 6.45) is -7.58. The highest BCUT2D eigenvalue weighted by atomic mass is 19.4. The fraction of sp³-hybridized carbons (Fsp3) is 0.714. The van der Waals surface area contributed by atoms with E-state index in [0.717, 1.165) is 6.20 Å². The Balaban J connectivity index is 1.41. The molecule has 3 rings (SSSR count). The second-order valence-electron chi connectivity index (χ2n) is 8.77. The van der Waals surface area contributed by atoms with Crippen LogP contribution in [0.3, 0.4) is 0 Å². The van der Waals surface area contributed by atoms with Crippen molar-refractivity contribution in [2.45, 2.75) is 30.9 Å². The molecule has 11 nitrogen and oxygen atoms in total. The lowest BCUT2D eigenvalue weighted by Crippen LogP contribution is -2.65. The van der Waals surface area contributed by atoms with Crippen LogP contribution in [0.1, 0.15) is 12.1 Å². The molecule has 1 aromatic rings. The monoisotopic (exact) mass is 557 g/mol. The van der Waals surface area contributed by atoms with Gasteiger partial charge in [-0.25, -0.2) is 15.4 Å². The maximum Gasteiger partial charge on any atom is 0.434 e. The van der Waals surface area contributed by atoms with Gasteiger partial charge in [-0.15, -0.1) is 0 Å². The predicted molar refractivity (Wildman–Crippen MR) is 120 cm³/mol. The Morgan fingerprint density at radius 3 is 2.42 bits per heavy atom. The van der Waals surface area contributed by atoms with Crippen molar-refractivity contribution in [3.05, 3.63) is 18.1 Å². The minimum atomic E-state index is -4.74. The number of amides is 2. The average Bonchev–Trinajstić information content (AvgIpc) is 2.85. The van der Waals surface area contributed by atoms with Gasteiger partial charge in [0.25, 0.3) is 0 Å². The van der Waals surface area contributed by atoms with Crippen molar-refractivity contribution in [3.63, 3.8) is 0 Å². The molecule has 2 unspecified atom stereocenters. The SMILES string of the molecule is COC[C@@H](COCCC(=O)N1CCN(c2cnc(C(F)(F)F)cn2)CC1)NC1CNNC(=O)C1C(F)(F)F. The van der Waals surface area contributed by atoms with E-state index in [1.165, 1.54) is 7.11 Å². The molecule has 0 aliphatic carbocycles. The Hall–Kier alpha value is -2.76. The van der Waals surface area contributed by atoms with Gasteiger partial charge in [-0.3, -0.25) is 15.0 Å². The first-order chi connectivity index (χ1) is 17.9. The van der Waals surface area contributed by atoms with Gasteiger partial charge in [0.2, 0.25) is 11.8 Å². The summed E-state index contributed by atoms with van der Waals surface area (Å²) in [6, 6.07) is -1.90. The molecule has 3 heterocycles. The first-order valence-corrected chi connectivity index (χ1v) is 11.7. The third kappa shape index (κ3) is 8.12. The van der Waals surface area contributed by atoms with Crippen LogP contribution in [0.5, 0.6) is 0 Å². The van der Waals surface area contributed by atoms with Crippen molar-refractivity contribution in [1.82, 2.24) is 31.0 Å². The van der Waals surface area contributed by atoms with Crippen LogP contribution in [0, 0.1) is 5.92 Å². The molecule has 0 radical (unpaired) electrons. The normalized spacial score (nSPS) is 21.8. The highest BCUT2D eigenvalue weighted by molar-refractivity contribution is 5.80. The zero-order valence-electron chi connectivity index (χ0n) is 20.4. The predicted octanol–water partition coefficient (Wildman–Crippen LogP) is 0.337. The van der Waals surface area contributed by atoms with Gasteiger partial charge in [0, 0.05) is 45.9 Å². The molecule has 1 aromatic heterocycles. The maximum absolute atomic E-state index is 13.3. The number of nitrogens with zero attached hydrogens (tertiary/aromatic N) is 4. The van der Waals surface area contributed by atoms with E-state index in [1.54, 1.807) is 9.80 Å². The number of anilines is 1. The highest BCUT2D eigenvalue weighted by Crippen LogP contribution is 2.30. The standard InChI is InChI=1S/C21H29F6N7O4/c1-37-11-13(31-14-8-30-32-19(36)18(14)21(25,26)27)12-38-7-2-17(35)34-5-3-33(4-6-34)16-10-28-15(9-29-16)20(22,23)24/h9-10,13-14,18,30-31H,2-8,11-12H2,1H3,(H,32,36)/t13-,14?,18?/m0/s1. The first-order valence-electron chi connectivity index (χ1n) is 11.7. The molecule has 0 bridgehead atoms. The third-order valence-corrected chi connectivity index (χ3v) is 6.05. The molecule has 2 aliphatic rings. The largest absolute Gasteiger partial charge is 0.434 e. The number of aromatic nitrogens is 2. The summed E-state index contributed by atoms with van der Waals surface area (Å²) >= 11 is 0. The quantitative estimate of drug-likeness (QED) is 0.276. The number of carbonyl (C=O) groups excluding carboxylic acids is 2. The van der Waals surface area contributed by atoms with Crippen LogP contribution in [0.15, 0.2) is 12.4 Å². The van der Waals surface area contributed by atoms with Crippen LogP contribution in [-0.2, 0) is 25.2 Å². The van der Waals surface area contributed by atoms with Crippen LogP contribution >= 0.6 is 0 Å². The lowest BCUT2D eigenvalue weighted by atomic mass is 9.96. The molecule has 3 atom stereocenters. The molecule has 0 saturated carbocycles. The van der Waals surface area contributed by atoms with Crippen LogP contribution in [0.2, 0.25) is 0 Å². The van der Waals surface area contributed by atoms with Gasteiger partial charge in [-0.05, 0) is 0 Å². The van der Waals surface area contributed by atoms with Crippen LogP contribution in [0.25, 0.3) is 0 Å². The molecular formula is C21H29F6N7O4. The number of methoxy groups -OCH3 is 1. The summed E-state index contributed by atoms with van der Waals surface area (Å²) < 4.78 is 88.6. The summed E-state index contributed by atoms with van der Waals surface area (Å²) in [5.41, 5.74) is 3.33. The Bertz CT molecular complexity index is 926. The molecule has 0 spiro atoms. The van der Waals surface area contributed by atoms with Gasteiger partial charge in [0.1, 0.15) is 5.82 Å². The minimum absolute atomic E-state index is 0.0113. The Morgan fingerprint density at radius 1 is 1.13 bits per heavy atom. The van der Waals surface area contributed by atoms with Gasteiger partial charge in [0.05, 0.1) is 44.7 Å². The Labute approximate surface area is 214 Å². The van der Waals surface area contributed by atoms with E-state index in [-0.39, 0.29) is 44.5 Å². The second kappa shape index (κ2) is 12.9. The number of carbonyl (C=O) groups is 2. The first kappa shape index (κ1) is 29.8. The molecule has 38 heavy (non-hydrogen) atoms. The summed E-state index contributed by atoms with van der Waals surface area (Å²) in [4.78, 5) is 34.8. The highest BCUT2D eigenvalue weighted by Gasteiger charge is 2.51. The smallest absolute Gasteiger partial charge is 0.383 e. The van der Waals surface area contributed by atoms with E-state index in [9.17, 15) is 35.9 Å². The second-order valence-corrected chi connectivity index (χ2v) is 8.77.